The number of nitrogens with one attached hydrogen (secondary N) is 1. The predicted octanol–water partition coefficient (Wildman–Crippen LogP) is 1.67. The zero-order valence-corrected chi connectivity index (χ0v) is 14.3. The average molecular weight is 360 g/mol. The maximum atomic E-state index is 14.1. The number of rotatable bonds is 5. The molecular formula is C14H17FN2O4S2. The number of ether oxygens (including phenoxy) is 1. The first-order valence-corrected chi connectivity index (χ1v) is 8.92. The van der Waals surface area contributed by atoms with E-state index in [1.807, 2.05) is 0 Å². The van der Waals surface area contributed by atoms with Crippen LogP contribution in [0.15, 0.2) is 23.1 Å². The summed E-state index contributed by atoms with van der Waals surface area (Å²) in [6.07, 6.45) is -1.53. The van der Waals surface area contributed by atoms with Crippen LogP contribution >= 0.6 is 12.6 Å². The minimum absolute atomic E-state index is 0.0348. The molecule has 3 atom stereocenters. The van der Waals surface area contributed by atoms with E-state index in [0.717, 1.165) is 6.07 Å². The molecule has 9 heteroatoms. The quantitative estimate of drug-likeness (QED) is 0.618. The van der Waals surface area contributed by atoms with E-state index in [1.165, 1.54) is 17.0 Å². The lowest BCUT2D eigenvalue weighted by Crippen LogP contribution is -2.44. The summed E-state index contributed by atoms with van der Waals surface area (Å²) in [6, 6.07) is 3.52. The Morgan fingerprint density at radius 3 is 2.83 bits per heavy atom. The molecule has 0 saturated carbocycles. The number of amides is 2. The maximum Gasteiger partial charge on any atom is 0.416 e. The van der Waals surface area contributed by atoms with Crippen molar-refractivity contribution in [3.63, 3.8) is 0 Å². The Hall–Kier alpha value is -1.45. The number of nitrogens with zero attached hydrogens (tertiary/aromatic N) is 1. The molecule has 0 spiro atoms. The summed E-state index contributed by atoms with van der Waals surface area (Å²) in [7, 11) is 0. The molecule has 1 saturated heterocycles. The normalized spacial score (nSPS) is 22.0. The molecule has 1 aliphatic rings. The fourth-order valence-electron chi connectivity index (χ4n) is 2.24. The standard InChI is InChI=1S/C14H17FN2O4S2/c1-3-23(20)11-5-4-9(6-10(11)15)17-8(2)13(21-14(17)19)16-12(18)7-22/h4-6,8,13,22H,3,7H2,1-2H3,(H,16,18)/t8?,13-,23?/m0/s1. The van der Waals surface area contributed by atoms with E-state index >= 15 is 0 Å². The largest absolute Gasteiger partial charge is 0.611 e. The summed E-state index contributed by atoms with van der Waals surface area (Å²) in [5.74, 6) is -0.756. The Balaban J connectivity index is 2.23. The first-order chi connectivity index (χ1) is 10.9. The third kappa shape index (κ3) is 3.73. The van der Waals surface area contributed by atoms with Gasteiger partial charge in [0.25, 0.3) is 0 Å². The molecular weight excluding hydrogens is 343 g/mol. The number of cyclic esters (lactones) is 1. The third-order valence-corrected chi connectivity index (χ3v) is 5.05. The van der Waals surface area contributed by atoms with Gasteiger partial charge in [-0.1, -0.05) is 0 Å². The lowest BCUT2D eigenvalue weighted by molar-refractivity contribution is -0.121. The van der Waals surface area contributed by atoms with Crippen molar-refractivity contribution in [1.82, 2.24) is 5.32 Å². The molecule has 0 radical (unpaired) electrons. The first-order valence-electron chi connectivity index (χ1n) is 6.97. The van der Waals surface area contributed by atoms with Crippen LogP contribution in [0.4, 0.5) is 14.9 Å². The minimum atomic E-state index is -1.42. The zero-order chi connectivity index (χ0) is 17.1. The number of carbonyl (C=O) groups is 2. The van der Waals surface area contributed by atoms with E-state index in [2.05, 4.69) is 17.9 Å². The first kappa shape index (κ1) is 17.9. The predicted molar refractivity (Wildman–Crippen MR) is 87.6 cm³/mol. The second-order valence-electron chi connectivity index (χ2n) is 4.89. The molecule has 23 heavy (non-hydrogen) atoms. The van der Waals surface area contributed by atoms with Crippen molar-refractivity contribution in [2.24, 2.45) is 0 Å². The Bertz CT molecular complexity index is 616. The summed E-state index contributed by atoms with van der Waals surface area (Å²) in [6.45, 7) is 3.36. The van der Waals surface area contributed by atoms with Gasteiger partial charge in [0.1, 0.15) is 5.75 Å². The SMILES string of the molecule is CC[S+]([O-])c1ccc(N2C(=O)O[C@H](NC(=O)CS)C2C)cc1F. The van der Waals surface area contributed by atoms with E-state index < -0.39 is 35.4 Å². The fourth-order valence-corrected chi connectivity index (χ4v) is 3.14. The van der Waals surface area contributed by atoms with Crippen molar-refractivity contribution in [2.75, 3.05) is 16.4 Å². The molecule has 1 heterocycles. The van der Waals surface area contributed by atoms with Gasteiger partial charge in [0.2, 0.25) is 5.91 Å². The number of halogens is 1. The van der Waals surface area contributed by atoms with E-state index in [0.29, 0.717) is 5.75 Å². The van der Waals surface area contributed by atoms with Crippen LogP contribution in [0.5, 0.6) is 0 Å². The summed E-state index contributed by atoms with van der Waals surface area (Å²) in [5.41, 5.74) is 0.277. The Labute approximate surface area is 142 Å². The monoisotopic (exact) mass is 360 g/mol. The topological polar surface area (TPSA) is 81.7 Å². The Kier molecular flexibility index (Phi) is 5.77. The van der Waals surface area contributed by atoms with E-state index in [9.17, 15) is 18.5 Å². The number of thiol groups is 1. The highest BCUT2D eigenvalue weighted by Gasteiger charge is 2.40. The lowest BCUT2D eigenvalue weighted by Gasteiger charge is -2.21. The minimum Gasteiger partial charge on any atom is -0.611 e. The molecule has 1 aliphatic heterocycles. The van der Waals surface area contributed by atoms with Crippen molar-refractivity contribution in [3.05, 3.63) is 24.0 Å². The summed E-state index contributed by atoms with van der Waals surface area (Å²) >= 11 is 2.42. The van der Waals surface area contributed by atoms with Gasteiger partial charge < -0.3 is 14.6 Å². The maximum absolute atomic E-state index is 14.1. The number of anilines is 1. The number of hydrogen-bond donors (Lipinski definition) is 2. The second-order valence-corrected chi connectivity index (χ2v) is 6.91. The highest BCUT2D eigenvalue weighted by atomic mass is 32.2. The van der Waals surface area contributed by atoms with Crippen LogP contribution in [0.3, 0.4) is 0 Å². The highest BCUT2D eigenvalue weighted by Crippen LogP contribution is 2.29. The fraction of sp³-hybridized carbons (Fsp3) is 0.429. The number of carbonyl (C=O) groups excluding carboxylic acids is 2. The van der Waals surface area contributed by atoms with Gasteiger partial charge >= 0.3 is 6.09 Å². The van der Waals surface area contributed by atoms with Gasteiger partial charge in [0, 0.05) is 6.07 Å². The van der Waals surface area contributed by atoms with Crippen molar-refractivity contribution >= 4 is 41.5 Å². The summed E-state index contributed by atoms with van der Waals surface area (Å²) in [5, 5.41) is 2.52. The van der Waals surface area contributed by atoms with Crippen LogP contribution < -0.4 is 10.2 Å². The molecule has 0 aliphatic carbocycles. The van der Waals surface area contributed by atoms with Gasteiger partial charge in [-0.15, -0.1) is 0 Å². The smallest absolute Gasteiger partial charge is 0.416 e. The third-order valence-electron chi connectivity index (χ3n) is 3.42. The van der Waals surface area contributed by atoms with Gasteiger partial charge in [-0.25, -0.2) is 9.18 Å². The van der Waals surface area contributed by atoms with Crippen LogP contribution in [-0.2, 0) is 20.7 Å². The van der Waals surface area contributed by atoms with E-state index in [4.69, 9.17) is 4.74 Å². The van der Waals surface area contributed by atoms with Gasteiger partial charge in [-0.3, -0.25) is 9.69 Å². The van der Waals surface area contributed by atoms with Crippen molar-refractivity contribution in [1.29, 1.82) is 0 Å². The van der Waals surface area contributed by atoms with Crippen LogP contribution in [0.2, 0.25) is 0 Å². The van der Waals surface area contributed by atoms with E-state index in [1.54, 1.807) is 13.8 Å². The van der Waals surface area contributed by atoms with Crippen molar-refractivity contribution in [2.45, 2.75) is 31.0 Å². The van der Waals surface area contributed by atoms with Crippen LogP contribution in [0.1, 0.15) is 13.8 Å². The number of hydrogen-bond acceptors (Lipinski definition) is 5. The molecule has 1 aromatic carbocycles. The Morgan fingerprint density at radius 2 is 2.26 bits per heavy atom. The number of benzene rings is 1. The van der Waals surface area contributed by atoms with Gasteiger partial charge in [0.05, 0.1) is 17.5 Å². The average Bonchev–Trinajstić information content (AvgIpc) is 2.80. The van der Waals surface area contributed by atoms with Gasteiger partial charge in [-0.2, -0.15) is 12.6 Å². The molecule has 2 unspecified atom stereocenters. The molecule has 1 N–H and O–H groups in total. The molecule has 2 amide bonds. The molecule has 126 valence electrons. The summed E-state index contributed by atoms with van der Waals surface area (Å²) < 4.78 is 30.9. The van der Waals surface area contributed by atoms with E-state index in [-0.39, 0.29) is 22.2 Å². The lowest BCUT2D eigenvalue weighted by atomic mass is 10.2. The molecule has 6 nitrogen and oxygen atoms in total. The van der Waals surface area contributed by atoms with Crippen LogP contribution in [-0.4, -0.2) is 40.3 Å². The van der Waals surface area contributed by atoms with Crippen molar-refractivity contribution in [3.8, 4) is 0 Å². The molecule has 1 aromatic rings. The summed E-state index contributed by atoms with van der Waals surface area (Å²) in [4.78, 5) is 24.7. The molecule has 2 rings (SSSR count). The van der Waals surface area contributed by atoms with Gasteiger partial charge in [-0.05, 0) is 37.2 Å². The van der Waals surface area contributed by atoms with Crippen LogP contribution in [0.25, 0.3) is 0 Å². The Morgan fingerprint density at radius 1 is 1.57 bits per heavy atom. The van der Waals surface area contributed by atoms with Crippen molar-refractivity contribution < 1.29 is 23.3 Å². The molecule has 0 aromatic heterocycles. The van der Waals surface area contributed by atoms with Crippen LogP contribution in [0, 0.1) is 5.82 Å². The zero-order valence-electron chi connectivity index (χ0n) is 12.6. The van der Waals surface area contributed by atoms with Gasteiger partial charge in [0.15, 0.2) is 16.9 Å². The second kappa shape index (κ2) is 7.41. The molecule has 1 fully saturated rings. The highest BCUT2D eigenvalue weighted by molar-refractivity contribution is 7.91. The molecule has 0 bridgehead atoms.